The van der Waals surface area contributed by atoms with Crippen molar-refractivity contribution in [3.63, 3.8) is 0 Å². The Kier molecular flexibility index (Phi) is 3.64. The molecule has 32 heavy (non-hydrogen) atoms. The Hall–Kier alpha value is -4.18. The predicted molar refractivity (Wildman–Crippen MR) is 125 cm³/mol. The molecular weight excluding hydrogens is 396 g/mol. The molecule has 0 saturated carbocycles. The molecule has 0 atom stereocenters. The number of aromatic nitrogens is 2. The van der Waals surface area contributed by atoms with Gasteiger partial charge in [0.15, 0.2) is 11.2 Å². The van der Waals surface area contributed by atoms with Crippen LogP contribution in [0, 0.1) is 0 Å². The van der Waals surface area contributed by atoms with E-state index in [1.807, 2.05) is 48.5 Å². The first-order chi connectivity index (χ1) is 15.8. The van der Waals surface area contributed by atoms with Crippen molar-refractivity contribution < 1.29 is 8.83 Å². The van der Waals surface area contributed by atoms with E-state index in [0.717, 1.165) is 46.2 Å². The van der Waals surface area contributed by atoms with Gasteiger partial charge in [0.2, 0.25) is 11.8 Å². The molecule has 4 aromatic carbocycles. The van der Waals surface area contributed by atoms with Gasteiger partial charge in [0.1, 0.15) is 11.0 Å². The molecule has 0 spiro atoms. The van der Waals surface area contributed by atoms with Crippen LogP contribution in [0.3, 0.4) is 0 Å². The Morgan fingerprint density at radius 1 is 0.531 bits per heavy atom. The normalized spacial score (nSPS) is 12.8. The third kappa shape index (κ3) is 2.70. The van der Waals surface area contributed by atoms with Gasteiger partial charge in [-0.2, -0.15) is 0 Å². The van der Waals surface area contributed by atoms with Crippen molar-refractivity contribution in [3.05, 3.63) is 96.1 Å². The van der Waals surface area contributed by atoms with Crippen LogP contribution in [0.5, 0.6) is 0 Å². The Labute approximate surface area is 184 Å². The second-order valence-corrected chi connectivity index (χ2v) is 8.22. The zero-order valence-corrected chi connectivity index (χ0v) is 17.2. The highest BCUT2D eigenvalue weighted by Gasteiger charge is 2.19. The van der Waals surface area contributed by atoms with Crippen molar-refractivity contribution >= 4 is 22.2 Å². The Bertz CT molecular complexity index is 1450. The smallest absolute Gasteiger partial charge is 0.227 e. The second kappa shape index (κ2) is 6.66. The maximum atomic E-state index is 5.98. The van der Waals surface area contributed by atoms with E-state index in [-0.39, 0.29) is 0 Å². The summed E-state index contributed by atoms with van der Waals surface area (Å²) in [6.45, 7) is 0. The van der Waals surface area contributed by atoms with Crippen molar-refractivity contribution in [1.29, 1.82) is 0 Å². The van der Waals surface area contributed by atoms with Crippen molar-refractivity contribution in [3.8, 4) is 34.0 Å². The number of benzene rings is 4. The van der Waals surface area contributed by atoms with Crippen LogP contribution in [0.4, 0.5) is 0 Å². The molecule has 6 aromatic rings. The largest absolute Gasteiger partial charge is 0.436 e. The van der Waals surface area contributed by atoms with Crippen LogP contribution in [0.2, 0.25) is 0 Å². The first kappa shape index (κ1) is 17.5. The van der Waals surface area contributed by atoms with Gasteiger partial charge >= 0.3 is 0 Å². The van der Waals surface area contributed by atoms with Crippen LogP contribution in [-0.2, 0) is 12.8 Å². The highest BCUT2D eigenvalue weighted by Crippen LogP contribution is 2.38. The molecule has 0 fully saturated rings. The van der Waals surface area contributed by atoms with Crippen LogP contribution in [0.15, 0.2) is 93.8 Å². The van der Waals surface area contributed by atoms with Gasteiger partial charge in [-0.1, -0.05) is 36.4 Å². The summed E-state index contributed by atoms with van der Waals surface area (Å²) in [5.74, 6) is 1.34. The zero-order valence-electron chi connectivity index (χ0n) is 17.2. The lowest BCUT2D eigenvalue weighted by atomic mass is 9.84. The summed E-state index contributed by atoms with van der Waals surface area (Å²) in [5.41, 5.74) is 10.6. The highest BCUT2D eigenvalue weighted by atomic mass is 16.4. The van der Waals surface area contributed by atoms with E-state index in [0.29, 0.717) is 11.8 Å². The maximum Gasteiger partial charge on any atom is 0.227 e. The third-order valence-electron chi connectivity index (χ3n) is 6.25. The van der Waals surface area contributed by atoms with Crippen molar-refractivity contribution in [2.45, 2.75) is 12.8 Å². The van der Waals surface area contributed by atoms with Crippen molar-refractivity contribution in [2.75, 3.05) is 0 Å². The van der Waals surface area contributed by atoms with Crippen LogP contribution >= 0.6 is 0 Å². The second-order valence-electron chi connectivity index (χ2n) is 8.22. The summed E-state index contributed by atoms with van der Waals surface area (Å²) in [6.07, 6.45) is 1.96. The Morgan fingerprint density at radius 3 is 1.47 bits per heavy atom. The van der Waals surface area contributed by atoms with Crippen LogP contribution in [-0.4, -0.2) is 9.97 Å². The number of nitrogens with zero attached hydrogens (tertiary/aromatic N) is 2. The van der Waals surface area contributed by atoms with Gasteiger partial charge in [-0.3, -0.25) is 0 Å². The van der Waals surface area contributed by atoms with E-state index in [9.17, 15) is 0 Å². The number of para-hydroxylation sites is 4. The SMILES string of the molecule is c1ccc2oc(-c3ccc4c(c3)CCc3cc(-c5nc6ccccc6o5)ccc3-4)nc2c1. The number of fused-ring (bicyclic) bond motifs is 5. The fourth-order valence-electron chi connectivity index (χ4n) is 4.65. The molecule has 1 aliphatic rings. The average Bonchev–Trinajstić information content (AvgIpc) is 3.47. The molecule has 0 N–H and O–H groups in total. The molecule has 0 amide bonds. The van der Waals surface area contributed by atoms with Crippen molar-refractivity contribution in [1.82, 2.24) is 9.97 Å². The Balaban J connectivity index is 1.27. The molecule has 4 heteroatoms. The number of aryl methyl sites for hydroxylation is 2. The van der Waals surface area contributed by atoms with Crippen LogP contribution in [0.1, 0.15) is 11.1 Å². The zero-order chi connectivity index (χ0) is 21.1. The van der Waals surface area contributed by atoms with E-state index < -0.39 is 0 Å². The molecule has 0 saturated heterocycles. The average molecular weight is 414 g/mol. The summed E-state index contributed by atoms with van der Waals surface area (Å²) in [7, 11) is 0. The van der Waals surface area contributed by atoms with Crippen LogP contribution in [0.25, 0.3) is 56.2 Å². The van der Waals surface area contributed by atoms with Gasteiger partial charge < -0.3 is 8.83 Å². The van der Waals surface area contributed by atoms with E-state index in [1.54, 1.807) is 0 Å². The number of oxazole rings is 2. The van der Waals surface area contributed by atoms with Gasteiger partial charge in [-0.15, -0.1) is 0 Å². The van der Waals surface area contributed by atoms with Gasteiger partial charge in [-0.05, 0) is 83.6 Å². The third-order valence-corrected chi connectivity index (χ3v) is 6.25. The molecule has 2 heterocycles. The highest BCUT2D eigenvalue weighted by molar-refractivity contribution is 5.81. The van der Waals surface area contributed by atoms with E-state index >= 15 is 0 Å². The summed E-state index contributed by atoms with van der Waals surface area (Å²) in [6, 6.07) is 28.8. The Morgan fingerprint density at radius 2 is 1.00 bits per heavy atom. The first-order valence-electron chi connectivity index (χ1n) is 10.8. The lowest BCUT2D eigenvalue weighted by Gasteiger charge is -2.20. The van der Waals surface area contributed by atoms with Gasteiger partial charge in [0.05, 0.1) is 0 Å². The fraction of sp³-hybridized carbons (Fsp3) is 0.0714. The molecule has 1 aliphatic carbocycles. The van der Waals surface area contributed by atoms with E-state index in [1.165, 1.54) is 22.3 Å². The number of rotatable bonds is 2. The minimum absolute atomic E-state index is 0.672. The number of hydrogen-bond donors (Lipinski definition) is 0. The van der Waals surface area contributed by atoms with E-state index in [4.69, 9.17) is 8.83 Å². The maximum absolute atomic E-state index is 5.98. The van der Waals surface area contributed by atoms with Gasteiger partial charge in [0, 0.05) is 11.1 Å². The van der Waals surface area contributed by atoms with Gasteiger partial charge in [-0.25, -0.2) is 9.97 Å². The summed E-state index contributed by atoms with van der Waals surface area (Å²) in [4.78, 5) is 9.31. The van der Waals surface area contributed by atoms with Crippen molar-refractivity contribution in [2.24, 2.45) is 0 Å². The molecule has 0 unspecified atom stereocenters. The molecule has 2 aromatic heterocycles. The summed E-state index contributed by atoms with van der Waals surface area (Å²) in [5, 5.41) is 0. The van der Waals surface area contributed by atoms with E-state index in [2.05, 4.69) is 46.4 Å². The molecule has 0 radical (unpaired) electrons. The fourth-order valence-corrected chi connectivity index (χ4v) is 4.65. The summed E-state index contributed by atoms with van der Waals surface area (Å²) >= 11 is 0. The van der Waals surface area contributed by atoms with Crippen LogP contribution < -0.4 is 0 Å². The predicted octanol–water partition coefficient (Wildman–Crippen LogP) is 7.07. The standard InChI is InChI=1S/C28H18N2O2/c1-3-7-25-23(5-1)29-27(31-25)19-11-13-21-17(15-19)9-10-18-16-20(12-14-22(18)21)28-30-24-6-2-4-8-26(24)32-28/h1-8,11-16H,9-10H2. The molecule has 152 valence electrons. The first-order valence-corrected chi connectivity index (χ1v) is 10.8. The topological polar surface area (TPSA) is 52.1 Å². The minimum atomic E-state index is 0.672. The lowest BCUT2D eigenvalue weighted by molar-refractivity contribution is 0.619. The molecule has 0 aliphatic heterocycles. The summed E-state index contributed by atoms with van der Waals surface area (Å²) < 4.78 is 12.0. The molecular formula is C28H18N2O2. The monoisotopic (exact) mass is 414 g/mol. The molecule has 4 nitrogen and oxygen atoms in total. The molecule has 0 bridgehead atoms. The quantitative estimate of drug-likeness (QED) is 0.304. The molecule has 7 rings (SSSR count). The minimum Gasteiger partial charge on any atom is -0.436 e. The number of hydrogen-bond acceptors (Lipinski definition) is 4. The lowest BCUT2D eigenvalue weighted by Crippen LogP contribution is -2.04. The van der Waals surface area contributed by atoms with Gasteiger partial charge in [0.25, 0.3) is 0 Å².